The number of phenols is 1. The fourth-order valence-electron chi connectivity index (χ4n) is 3.59. The van der Waals surface area contributed by atoms with E-state index in [1.807, 2.05) is 6.07 Å². The smallest absolute Gasteiger partial charge is 0.342 e. The van der Waals surface area contributed by atoms with Gasteiger partial charge < -0.3 is 15.7 Å². The maximum atomic E-state index is 12.6. The SMILES string of the molecule is C=CCNC(=O)n1nc(-c2ccc(NC(=O)c3ccccc3Cl)cc2O)cc1C1CCC1. The number of carbonyl (C=O) groups excluding carboxylic acids is 2. The lowest BCUT2D eigenvalue weighted by molar-refractivity contribution is 0.102. The highest BCUT2D eigenvalue weighted by Gasteiger charge is 2.27. The van der Waals surface area contributed by atoms with Crippen molar-refractivity contribution >= 4 is 29.2 Å². The van der Waals surface area contributed by atoms with Crippen LogP contribution in [0.2, 0.25) is 5.02 Å². The van der Waals surface area contributed by atoms with Crippen molar-refractivity contribution in [3.05, 3.63) is 77.5 Å². The van der Waals surface area contributed by atoms with Gasteiger partial charge in [0.25, 0.3) is 5.91 Å². The first-order valence-corrected chi connectivity index (χ1v) is 10.7. The number of amides is 2. The number of carbonyl (C=O) groups is 2. The van der Waals surface area contributed by atoms with E-state index in [1.165, 1.54) is 10.7 Å². The van der Waals surface area contributed by atoms with Crippen molar-refractivity contribution in [2.24, 2.45) is 0 Å². The van der Waals surface area contributed by atoms with Crippen LogP contribution in [0.5, 0.6) is 5.75 Å². The third kappa shape index (κ3) is 4.38. The molecule has 0 unspecified atom stereocenters. The minimum atomic E-state index is -0.377. The molecule has 4 rings (SSSR count). The van der Waals surface area contributed by atoms with E-state index in [-0.39, 0.29) is 23.6 Å². The van der Waals surface area contributed by atoms with Gasteiger partial charge in [-0.25, -0.2) is 4.79 Å². The molecular formula is C24H23ClN4O3. The summed E-state index contributed by atoms with van der Waals surface area (Å²) in [6, 6.07) is 13.0. The first-order valence-electron chi connectivity index (χ1n) is 10.4. The van der Waals surface area contributed by atoms with Crippen molar-refractivity contribution in [3.63, 3.8) is 0 Å². The van der Waals surface area contributed by atoms with Crippen molar-refractivity contribution in [2.75, 3.05) is 11.9 Å². The molecule has 0 saturated heterocycles. The topological polar surface area (TPSA) is 96.3 Å². The van der Waals surface area contributed by atoms with Gasteiger partial charge in [0.1, 0.15) is 5.75 Å². The number of phenolic OH excluding ortho intramolecular Hbond substituents is 1. The summed E-state index contributed by atoms with van der Waals surface area (Å²) < 4.78 is 1.37. The molecule has 0 atom stereocenters. The molecule has 1 saturated carbocycles. The number of hydrogen-bond donors (Lipinski definition) is 3. The normalized spacial score (nSPS) is 13.3. The van der Waals surface area contributed by atoms with Gasteiger partial charge in [0.15, 0.2) is 0 Å². The molecule has 7 nitrogen and oxygen atoms in total. The summed E-state index contributed by atoms with van der Waals surface area (Å²) in [5.41, 5.74) is 2.53. The van der Waals surface area contributed by atoms with Crippen molar-refractivity contribution in [1.29, 1.82) is 0 Å². The van der Waals surface area contributed by atoms with Gasteiger partial charge in [-0.05, 0) is 43.2 Å². The Hall–Kier alpha value is -3.58. The van der Waals surface area contributed by atoms with Crippen molar-refractivity contribution in [3.8, 4) is 17.0 Å². The average molecular weight is 451 g/mol. The molecule has 3 aromatic rings. The van der Waals surface area contributed by atoms with Gasteiger partial charge in [0.05, 0.1) is 22.0 Å². The summed E-state index contributed by atoms with van der Waals surface area (Å²) in [5.74, 6) is -0.168. The zero-order chi connectivity index (χ0) is 22.7. The van der Waals surface area contributed by atoms with E-state index in [1.54, 1.807) is 42.5 Å². The minimum Gasteiger partial charge on any atom is -0.507 e. The molecule has 1 aliphatic carbocycles. The number of nitrogens with zero attached hydrogens (tertiary/aromatic N) is 2. The highest BCUT2D eigenvalue weighted by molar-refractivity contribution is 6.34. The van der Waals surface area contributed by atoms with Crippen LogP contribution in [-0.4, -0.2) is 33.4 Å². The third-order valence-corrected chi connectivity index (χ3v) is 5.83. The summed E-state index contributed by atoms with van der Waals surface area (Å²) in [4.78, 5) is 25.0. The Balaban J connectivity index is 1.59. The van der Waals surface area contributed by atoms with E-state index >= 15 is 0 Å². The number of anilines is 1. The second-order valence-corrected chi connectivity index (χ2v) is 8.04. The van der Waals surface area contributed by atoms with E-state index in [9.17, 15) is 14.7 Å². The Bertz CT molecular complexity index is 1180. The lowest BCUT2D eigenvalue weighted by atomic mass is 9.82. The van der Waals surface area contributed by atoms with Crippen molar-refractivity contribution in [1.82, 2.24) is 15.1 Å². The van der Waals surface area contributed by atoms with Crippen LogP contribution in [0.4, 0.5) is 10.5 Å². The first-order chi connectivity index (χ1) is 15.5. The highest BCUT2D eigenvalue weighted by atomic mass is 35.5. The number of benzene rings is 2. The first kappa shape index (κ1) is 21.6. The van der Waals surface area contributed by atoms with Crippen LogP contribution < -0.4 is 10.6 Å². The molecule has 32 heavy (non-hydrogen) atoms. The number of halogens is 1. The summed E-state index contributed by atoms with van der Waals surface area (Å²) in [5, 5.41) is 20.9. The number of nitrogens with one attached hydrogen (secondary N) is 2. The molecule has 1 aromatic heterocycles. The van der Waals surface area contributed by atoms with Gasteiger partial charge in [0, 0.05) is 29.8 Å². The van der Waals surface area contributed by atoms with Crippen LogP contribution in [0.1, 0.15) is 41.2 Å². The molecule has 164 valence electrons. The molecule has 0 spiro atoms. The monoisotopic (exact) mass is 450 g/mol. The van der Waals surface area contributed by atoms with E-state index in [0.717, 1.165) is 25.0 Å². The summed E-state index contributed by atoms with van der Waals surface area (Å²) >= 11 is 6.08. The molecule has 3 N–H and O–H groups in total. The molecule has 0 aliphatic heterocycles. The average Bonchev–Trinajstić information content (AvgIpc) is 3.15. The number of aromatic hydroxyl groups is 1. The minimum absolute atomic E-state index is 0.0572. The van der Waals surface area contributed by atoms with E-state index in [0.29, 0.717) is 34.1 Å². The molecule has 2 aromatic carbocycles. The fourth-order valence-corrected chi connectivity index (χ4v) is 3.81. The van der Waals surface area contributed by atoms with Crippen molar-refractivity contribution < 1.29 is 14.7 Å². The summed E-state index contributed by atoms with van der Waals surface area (Å²) in [7, 11) is 0. The lowest BCUT2D eigenvalue weighted by Gasteiger charge is -2.25. The maximum Gasteiger partial charge on any atom is 0.342 e. The molecule has 0 bridgehead atoms. The standard InChI is InChI=1S/C24H23ClN4O3/c1-2-12-26-24(32)29-21(15-6-5-7-15)14-20(28-29)18-11-10-16(13-22(18)30)27-23(31)17-8-3-4-9-19(17)25/h2-4,8-11,13-15,30H,1,5-7,12H2,(H,26,32)(H,27,31). The van der Waals surface area contributed by atoms with Crippen LogP contribution in [0, 0.1) is 0 Å². The molecule has 1 heterocycles. The van der Waals surface area contributed by atoms with Crippen LogP contribution in [0.15, 0.2) is 61.2 Å². The summed E-state index contributed by atoms with van der Waals surface area (Å²) in [6.07, 6.45) is 4.72. The second-order valence-electron chi connectivity index (χ2n) is 7.63. The predicted octanol–water partition coefficient (Wildman–Crippen LogP) is 5.17. The Morgan fingerprint density at radius 2 is 2.00 bits per heavy atom. The van der Waals surface area contributed by atoms with Crippen LogP contribution >= 0.6 is 11.6 Å². The van der Waals surface area contributed by atoms with Gasteiger partial charge in [0.2, 0.25) is 0 Å². The molecule has 8 heteroatoms. The van der Waals surface area contributed by atoms with E-state index in [4.69, 9.17) is 11.6 Å². The quantitative estimate of drug-likeness (QED) is 0.451. The Labute approximate surface area is 190 Å². The van der Waals surface area contributed by atoms with Gasteiger partial charge in [-0.2, -0.15) is 9.78 Å². The zero-order valence-electron chi connectivity index (χ0n) is 17.3. The molecule has 1 fully saturated rings. The molecule has 0 radical (unpaired) electrons. The zero-order valence-corrected chi connectivity index (χ0v) is 18.1. The van der Waals surface area contributed by atoms with Gasteiger partial charge >= 0.3 is 6.03 Å². The van der Waals surface area contributed by atoms with Gasteiger partial charge in [-0.15, -0.1) is 6.58 Å². The summed E-state index contributed by atoms with van der Waals surface area (Å²) in [6.45, 7) is 3.95. The van der Waals surface area contributed by atoms with Crippen molar-refractivity contribution in [2.45, 2.75) is 25.2 Å². The maximum absolute atomic E-state index is 12.6. The predicted molar refractivity (Wildman–Crippen MR) is 124 cm³/mol. The lowest BCUT2D eigenvalue weighted by Crippen LogP contribution is -2.32. The van der Waals surface area contributed by atoms with Crippen LogP contribution in [0.25, 0.3) is 11.3 Å². The molecule has 1 aliphatic rings. The fraction of sp³-hybridized carbons (Fsp3) is 0.208. The molecular weight excluding hydrogens is 428 g/mol. The Morgan fingerprint density at radius 1 is 1.22 bits per heavy atom. The van der Waals surface area contributed by atoms with Crippen LogP contribution in [-0.2, 0) is 0 Å². The number of rotatable bonds is 6. The van der Waals surface area contributed by atoms with E-state index in [2.05, 4.69) is 22.3 Å². The largest absolute Gasteiger partial charge is 0.507 e. The van der Waals surface area contributed by atoms with Gasteiger partial charge in [-0.1, -0.05) is 36.2 Å². The highest BCUT2D eigenvalue weighted by Crippen LogP contribution is 2.39. The van der Waals surface area contributed by atoms with E-state index < -0.39 is 0 Å². The second kappa shape index (κ2) is 9.28. The number of hydrogen-bond acceptors (Lipinski definition) is 4. The number of aromatic nitrogens is 2. The molecule has 2 amide bonds. The third-order valence-electron chi connectivity index (χ3n) is 5.50. The Kier molecular flexibility index (Phi) is 6.28. The Morgan fingerprint density at radius 3 is 2.66 bits per heavy atom. The van der Waals surface area contributed by atoms with Crippen LogP contribution in [0.3, 0.4) is 0 Å². The van der Waals surface area contributed by atoms with Gasteiger partial charge in [-0.3, -0.25) is 4.79 Å².